The lowest BCUT2D eigenvalue weighted by molar-refractivity contribution is 0.884. The second-order valence-corrected chi connectivity index (χ2v) is 6.16. The van der Waals surface area contributed by atoms with Crippen molar-refractivity contribution in [3.63, 3.8) is 0 Å². The summed E-state index contributed by atoms with van der Waals surface area (Å²) >= 11 is 3.89. The fraction of sp³-hybridized carbons (Fsp3) is 0.636. The van der Waals surface area contributed by atoms with Crippen molar-refractivity contribution >= 4 is 34.4 Å². The molecule has 0 saturated carbocycles. The number of halogens is 1. The number of aryl methyl sites for hydroxylation is 1. The molecular formula is C11H17IN2OS. The maximum atomic E-state index is 11.6. The van der Waals surface area contributed by atoms with Gasteiger partial charge in [-0.3, -0.25) is 4.79 Å². The summed E-state index contributed by atoms with van der Waals surface area (Å²) in [5, 5.41) is 0.606. The van der Waals surface area contributed by atoms with E-state index in [1.807, 2.05) is 18.7 Å². The first kappa shape index (κ1) is 14.0. The highest BCUT2D eigenvalue weighted by molar-refractivity contribution is 14.1. The molecule has 1 atom stereocenters. The van der Waals surface area contributed by atoms with E-state index in [9.17, 15) is 4.79 Å². The van der Waals surface area contributed by atoms with Crippen LogP contribution in [0.4, 0.5) is 0 Å². The molecule has 3 nitrogen and oxygen atoms in total. The number of aromatic amines is 1. The van der Waals surface area contributed by atoms with E-state index < -0.39 is 0 Å². The Labute approximate surface area is 114 Å². The Kier molecular flexibility index (Phi) is 5.82. The van der Waals surface area contributed by atoms with Gasteiger partial charge in [0.05, 0.1) is 15.0 Å². The van der Waals surface area contributed by atoms with E-state index in [1.165, 1.54) is 0 Å². The van der Waals surface area contributed by atoms with Crippen LogP contribution in [0.2, 0.25) is 0 Å². The standard InChI is InChI=1S/C11H17IN2OS/c1-4-7(3)16-6-9-13-8(5-2)10(12)11(15)14-9/h7H,4-6H2,1-3H3,(H,13,14,15). The van der Waals surface area contributed by atoms with Crippen LogP contribution in [0.25, 0.3) is 0 Å². The number of H-pyrrole nitrogens is 1. The lowest BCUT2D eigenvalue weighted by Gasteiger charge is -2.08. The van der Waals surface area contributed by atoms with Crippen LogP contribution < -0.4 is 5.56 Å². The molecule has 1 rings (SSSR count). The normalized spacial score (nSPS) is 12.8. The van der Waals surface area contributed by atoms with E-state index in [2.05, 4.69) is 46.4 Å². The fourth-order valence-electron chi connectivity index (χ4n) is 1.20. The Hall–Kier alpha value is -0.0400. The monoisotopic (exact) mass is 352 g/mol. The van der Waals surface area contributed by atoms with E-state index in [4.69, 9.17) is 0 Å². The number of nitrogens with zero attached hydrogens (tertiary/aromatic N) is 1. The second kappa shape index (κ2) is 6.64. The molecule has 90 valence electrons. The quantitative estimate of drug-likeness (QED) is 0.829. The maximum absolute atomic E-state index is 11.6. The van der Waals surface area contributed by atoms with Crippen LogP contribution in [0, 0.1) is 3.57 Å². The summed E-state index contributed by atoms with van der Waals surface area (Å²) in [6.45, 7) is 6.38. The van der Waals surface area contributed by atoms with Gasteiger partial charge >= 0.3 is 0 Å². The summed E-state index contributed by atoms with van der Waals surface area (Å²) in [4.78, 5) is 18.9. The highest BCUT2D eigenvalue weighted by atomic mass is 127. The van der Waals surface area contributed by atoms with Crippen LogP contribution in [0.1, 0.15) is 38.7 Å². The first-order valence-corrected chi connectivity index (χ1v) is 7.60. The van der Waals surface area contributed by atoms with Crippen LogP contribution in [-0.2, 0) is 12.2 Å². The third-order valence-corrected chi connectivity index (χ3v) is 4.85. The van der Waals surface area contributed by atoms with Gasteiger partial charge in [-0.05, 0) is 35.4 Å². The van der Waals surface area contributed by atoms with Gasteiger partial charge < -0.3 is 4.98 Å². The minimum atomic E-state index is -0.00722. The average Bonchev–Trinajstić information content (AvgIpc) is 2.29. The third kappa shape index (κ3) is 3.76. The van der Waals surface area contributed by atoms with Gasteiger partial charge in [-0.1, -0.05) is 20.8 Å². The second-order valence-electron chi connectivity index (χ2n) is 3.66. The van der Waals surface area contributed by atoms with Crippen LogP contribution in [0.5, 0.6) is 0 Å². The summed E-state index contributed by atoms with van der Waals surface area (Å²) in [6, 6.07) is 0. The minimum absolute atomic E-state index is 0.00722. The van der Waals surface area contributed by atoms with Crippen molar-refractivity contribution in [3.8, 4) is 0 Å². The first-order chi connectivity index (χ1) is 7.58. The van der Waals surface area contributed by atoms with Crippen LogP contribution >= 0.6 is 34.4 Å². The Morgan fingerprint density at radius 1 is 1.50 bits per heavy atom. The molecule has 0 bridgehead atoms. The molecule has 0 spiro atoms. The Morgan fingerprint density at radius 3 is 2.75 bits per heavy atom. The molecule has 0 aliphatic rings. The summed E-state index contributed by atoms with van der Waals surface area (Å²) in [5.41, 5.74) is 0.899. The van der Waals surface area contributed by atoms with Crippen molar-refractivity contribution in [2.75, 3.05) is 0 Å². The topological polar surface area (TPSA) is 45.8 Å². The zero-order chi connectivity index (χ0) is 12.1. The predicted octanol–water partition coefficient (Wildman–Crippen LogP) is 2.97. The van der Waals surface area contributed by atoms with Gasteiger partial charge in [0.2, 0.25) is 0 Å². The molecule has 1 unspecified atom stereocenters. The molecule has 0 amide bonds. The zero-order valence-corrected chi connectivity index (χ0v) is 12.8. The van der Waals surface area contributed by atoms with E-state index in [1.54, 1.807) is 0 Å². The molecule has 0 radical (unpaired) electrons. The van der Waals surface area contributed by atoms with Gasteiger partial charge in [-0.15, -0.1) is 0 Å². The molecule has 1 heterocycles. The van der Waals surface area contributed by atoms with E-state index in [-0.39, 0.29) is 5.56 Å². The van der Waals surface area contributed by atoms with E-state index >= 15 is 0 Å². The molecule has 0 fully saturated rings. The SMILES string of the molecule is CCc1nc(CSC(C)CC)[nH]c(=O)c1I. The molecule has 1 N–H and O–H groups in total. The number of aromatic nitrogens is 2. The van der Waals surface area contributed by atoms with Gasteiger partial charge in [0.15, 0.2) is 0 Å². The molecule has 0 saturated heterocycles. The van der Waals surface area contributed by atoms with Gasteiger partial charge in [0.1, 0.15) is 5.82 Å². The smallest absolute Gasteiger partial charge is 0.264 e. The highest BCUT2D eigenvalue weighted by Crippen LogP contribution is 2.17. The molecule has 0 aliphatic carbocycles. The molecule has 0 aliphatic heterocycles. The van der Waals surface area contributed by atoms with Gasteiger partial charge in [-0.2, -0.15) is 11.8 Å². The fourth-order valence-corrected chi connectivity index (χ4v) is 2.65. The van der Waals surface area contributed by atoms with Crippen molar-refractivity contribution in [1.29, 1.82) is 0 Å². The van der Waals surface area contributed by atoms with E-state index in [0.717, 1.165) is 33.7 Å². The average molecular weight is 352 g/mol. The van der Waals surface area contributed by atoms with Gasteiger partial charge in [0, 0.05) is 5.25 Å². The summed E-state index contributed by atoms with van der Waals surface area (Å²) in [5.74, 6) is 1.58. The Morgan fingerprint density at radius 2 is 2.19 bits per heavy atom. The number of hydrogen-bond donors (Lipinski definition) is 1. The number of hydrogen-bond acceptors (Lipinski definition) is 3. The number of thioether (sulfide) groups is 1. The van der Waals surface area contributed by atoms with Crippen LogP contribution in [0.15, 0.2) is 4.79 Å². The van der Waals surface area contributed by atoms with Crippen molar-refractivity contribution < 1.29 is 0 Å². The Bertz CT molecular complexity index is 405. The summed E-state index contributed by atoms with van der Waals surface area (Å²) in [6.07, 6.45) is 1.95. The van der Waals surface area contributed by atoms with Crippen molar-refractivity contribution in [3.05, 3.63) is 25.4 Å². The summed E-state index contributed by atoms with van der Waals surface area (Å²) in [7, 11) is 0. The molecule has 0 aromatic carbocycles. The predicted molar refractivity (Wildman–Crippen MR) is 78.0 cm³/mol. The highest BCUT2D eigenvalue weighted by Gasteiger charge is 2.08. The zero-order valence-electron chi connectivity index (χ0n) is 9.84. The van der Waals surface area contributed by atoms with Crippen LogP contribution in [-0.4, -0.2) is 15.2 Å². The largest absolute Gasteiger partial charge is 0.309 e. The minimum Gasteiger partial charge on any atom is -0.309 e. The molecule has 1 aromatic rings. The van der Waals surface area contributed by atoms with Gasteiger partial charge in [0.25, 0.3) is 5.56 Å². The first-order valence-electron chi connectivity index (χ1n) is 5.47. The van der Waals surface area contributed by atoms with Crippen molar-refractivity contribution in [1.82, 2.24) is 9.97 Å². The lowest BCUT2D eigenvalue weighted by atomic mass is 10.3. The number of rotatable bonds is 5. The van der Waals surface area contributed by atoms with Crippen molar-refractivity contribution in [2.45, 2.75) is 44.6 Å². The van der Waals surface area contributed by atoms with Crippen molar-refractivity contribution in [2.24, 2.45) is 0 Å². The van der Waals surface area contributed by atoms with Crippen LogP contribution in [0.3, 0.4) is 0 Å². The molecule has 16 heavy (non-hydrogen) atoms. The molecule has 1 aromatic heterocycles. The lowest BCUT2D eigenvalue weighted by Crippen LogP contribution is -2.17. The van der Waals surface area contributed by atoms with Gasteiger partial charge in [-0.25, -0.2) is 4.98 Å². The summed E-state index contributed by atoms with van der Waals surface area (Å²) < 4.78 is 0.720. The molecular weight excluding hydrogens is 335 g/mol. The molecule has 5 heteroatoms. The van der Waals surface area contributed by atoms with E-state index in [0.29, 0.717) is 5.25 Å². The Balaban J connectivity index is 2.82. The maximum Gasteiger partial charge on any atom is 0.264 e. The third-order valence-electron chi connectivity index (χ3n) is 2.39. The number of nitrogens with one attached hydrogen (secondary N) is 1.